The molecule has 2 amide bonds. The molecule has 0 radical (unpaired) electrons. The number of carbonyl (C=O) groups is 3. The Morgan fingerprint density at radius 2 is 1.72 bits per heavy atom. The number of rotatable bonds is 6. The van der Waals surface area contributed by atoms with Gasteiger partial charge in [0.2, 0.25) is 5.91 Å². The minimum atomic E-state index is -0.593. The van der Waals surface area contributed by atoms with Gasteiger partial charge in [-0.3, -0.25) is 9.59 Å². The third-order valence-corrected chi connectivity index (χ3v) is 4.69. The van der Waals surface area contributed by atoms with E-state index in [1.807, 2.05) is 50.2 Å². The second kappa shape index (κ2) is 8.60. The van der Waals surface area contributed by atoms with Crippen molar-refractivity contribution in [2.75, 3.05) is 25.5 Å². The number of H-pyrrole nitrogens is 1. The number of benzene rings is 2. The smallest absolute Gasteiger partial charge is 0.340 e. The third kappa shape index (κ3) is 4.63. The summed E-state index contributed by atoms with van der Waals surface area (Å²) in [4.78, 5) is 41.1. The molecule has 0 aliphatic carbocycles. The van der Waals surface area contributed by atoms with Crippen molar-refractivity contribution in [2.45, 2.75) is 13.8 Å². The van der Waals surface area contributed by atoms with E-state index in [2.05, 4.69) is 10.3 Å². The number of esters is 1. The zero-order chi connectivity index (χ0) is 21.0. The van der Waals surface area contributed by atoms with Crippen molar-refractivity contribution in [3.8, 4) is 0 Å². The van der Waals surface area contributed by atoms with E-state index in [0.29, 0.717) is 5.56 Å². The van der Waals surface area contributed by atoms with Crippen molar-refractivity contribution in [3.05, 3.63) is 65.4 Å². The number of carbonyl (C=O) groups excluding carboxylic acids is 3. The van der Waals surface area contributed by atoms with Crippen LogP contribution in [0.4, 0.5) is 5.69 Å². The summed E-state index contributed by atoms with van der Waals surface area (Å²) in [5.74, 6) is -1.37. The molecule has 7 heteroatoms. The fourth-order valence-electron chi connectivity index (χ4n) is 3.05. The van der Waals surface area contributed by atoms with E-state index in [0.717, 1.165) is 27.7 Å². The SMILES string of the molecule is Cc1cccc(C)c1NC(=O)CN(C)C(=O)COC(=O)c1c[nH]c2ccccc12. The number of aryl methyl sites for hydroxylation is 2. The van der Waals surface area contributed by atoms with E-state index >= 15 is 0 Å². The van der Waals surface area contributed by atoms with Crippen LogP contribution >= 0.6 is 0 Å². The van der Waals surface area contributed by atoms with Gasteiger partial charge in [0.1, 0.15) is 0 Å². The topological polar surface area (TPSA) is 91.5 Å². The van der Waals surface area contributed by atoms with Gasteiger partial charge in [-0.2, -0.15) is 0 Å². The predicted octanol–water partition coefficient (Wildman–Crippen LogP) is 3.04. The molecule has 0 unspecified atom stereocenters. The molecule has 0 saturated carbocycles. The number of hydrogen-bond acceptors (Lipinski definition) is 4. The number of nitrogens with zero attached hydrogens (tertiary/aromatic N) is 1. The van der Waals surface area contributed by atoms with Gasteiger partial charge in [-0.25, -0.2) is 4.79 Å². The molecule has 2 N–H and O–H groups in total. The number of para-hydroxylation sites is 2. The van der Waals surface area contributed by atoms with Crippen LogP contribution in [0.5, 0.6) is 0 Å². The van der Waals surface area contributed by atoms with E-state index in [1.54, 1.807) is 12.3 Å². The molecule has 0 aliphatic rings. The number of ether oxygens (including phenoxy) is 1. The third-order valence-electron chi connectivity index (χ3n) is 4.69. The van der Waals surface area contributed by atoms with E-state index in [1.165, 1.54) is 11.9 Å². The Morgan fingerprint density at radius 3 is 2.45 bits per heavy atom. The van der Waals surface area contributed by atoms with Crippen molar-refractivity contribution < 1.29 is 19.1 Å². The first-order valence-electron chi connectivity index (χ1n) is 9.20. The summed E-state index contributed by atoms with van der Waals surface area (Å²) < 4.78 is 5.13. The van der Waals surface area contributed by atoms with Gasteiger partial charge in [-0.15, -0.1) is 0 Å². The number of aromatic nitrogens is 1. The van der Waals surface area contributed by atoms with E-state index in [4.69, 9.17) is 4.74 Å². The lowest BCUT2D eigenvalue weighted by molar-refractivity contribution is -0.136. The lowest BCUT2D eigenvalue weighted by Crippen LogP contribution is -2.37. The van der Waals surface area contributed by atoms with E-state index in [9.17, 15) is 14.4 Å². The monoisotopic (exact) mass is 393 g/mol. The van der Waals surface area contributed by atoms with Crippen LogP contribution in [0.1, 0.15) is 21.5 Å². The maximum Gasteiger partial charge on any atom is 0.340 e. The minimum Gasteiger partial charge on any atom is -0.452 e. The Bertz CT molecular complexity index is 1050. The fraction of sp³-hybridized carbons (Fsp3) is 0.227. The highest BCUT2D eigenvalue weighted by molar-refractivity contribution is 6.04. The molecule has 0 saturated heterocycles. The second-order valence-electron chi connectivity index (χ2n) is 6.89. The highest BCUT2D eigenvalue weighted by Crippen LogP contribution is 2.20. The average Bonchev–Trinajstić information content (AvgIpc) is 3.13. The normalized spacial score (nSPS) is 10.6. The molecule has 29 heavy (non-hydrogen) atoms. The van der Waals surface area contributed by atoms with Gasteiger partial charge >= 0.3 is 5.97 Å². The van der Waals surface area contributed by atoms with Crippen molar-refractivity contribution in [2.24, 2.45) is 0 Å². The maximum atomic E-state index is 12.3. The number of aromatic amines is 1. The number of fused-ring (bicyclic) bond motifs is 1. The molecule has 0 bridgehead atoms. The zero-order valence-corrected chi connectivity index (χ0v) is 16.6. The molecule has 3 rings (SSSR count). The van der Waals surface area contributed by atoms with Gasteiger partial charge in [0.05, 0.1) is 12.1 Å². The van der Waals surface area contributed by atoms with Crippen LogP contribution in [0.15, 0.2) is 48.7 Å². The first kappa shape index (κ1) is 20.1. The summed E-state index contributed by atoms with van der Waals surface area (Å²) in [6, 6.07) is 13.0. The largest absolute Gasteiger partial charge is 0.452 e. The summed E-state index contributed by atoms with van der Waals surface area (Å²) in [6.07, 6.45) is 1.55. The van der Waals surface area contributed by atoms with Crippen molar-refractivity contribution >= 4 is 34.4 Å². The highest BCUT2D eigenvalue weighted by atomic mass is 16.5. The van der Waals surface area contributed by atoms with Gasteiger partial charge in [-0.05, 0) is 31.0 Å². The molecule has 7 nitrogen and oxygen atoms in total. The second-order valence-corrected chi connectivity index (χ2v) is 6.89. The molecular formula is C22H23N3O4. The zero-order valence-electron chi connectivity index (χ0n) is 16.6. The molecule has 1 aromatic heterocycles. The summed E-state index contributed by atoms with van der Waals surface area (Å²) >= 11 is 0. The molecule has 0 aliphatic heterocycles. The van der Waals surface area contributed by atoms with Gasteiger partial charge in [0.25, 0.3) is 5.91 Å². The lowest BCUT2D eigenvalue weighted by Gasteiger charge is -2.18. The number of nitrogens with one attached hydrogen (secondary N) is 2. The van der Waals surface area contributed by atoms with Crippen LogP contribution in [0, 0.1) is 13.8 Å². The quantitative estimate of drug-likeness (QED) is 0.630. The molecule has 0 atom stereocenters. The van der Waals surface area contributed by atoms with E-state index < -0.39 is 18.5 Å². The van der Waals surface area contributed by atoms with Crippen LogP contribution in [-0.4, -0.2) is 47.9 Å². The minimum absolute atomic E-state index is 0.142. The summed E-state index contributed by atoms with van der Waals surface area (Å²) in [5.41, 5.74) is 3.80. The Kier molecular flexibility index (Phi) is 5.97. The Balaban J connectivity index is 1.54. The molecule has 1 heterocycles. The van der Waals surface area contributed by atoms with E-state index in [-0.39, 0.29) is 12.5 Å². The van der Waals surface area contributed by atoms with Crippen LogP contribution in [0.25, 0.3) is 10.9 Å². The number of anilines is 1. The van der Waals surface area contributed by atoms with Gasteiger partial charge in [-0.1, -0.05) is 36.4 Å². The predicted molar refractivity (Wildman–Crippen MR) is 111 cm³/mol. The fourth-order valence-corrected chi connectivity index (χ4v) is 3.05. The molecule has 2 aromatic carbocycles. The summed E-state index contributed by atoms with van der Waals surface area (Å²) in [6.45, 7) is 3.23. The molecular weight excluding hydrogens is 370 g/mol. The Labute approximate surface area is 168 Å². The van der Waals surface area contributed by atoms with Crippen LogP contribution in [0.3, 0.4) is 0 Å². The molecule has 0 fully saturated rings. The standard InChI is InChI=1S/C22H23N3O4/c1-14-7-6-8-15(2)21(14)24-19(26)12-25(3)20(27)13-29-22(28)17-11-23-18-10-5-4-9-16(17)18/h4-11,23H,12-13H2,1-3H3,(H,24,26). The summed E-state index contributed by atoms with van der Waals surface area (Å²) in [5, 5.41) is 3.55. The van der Waals surface area contributed by atoms with Crippen molar-refractivity contribution in [1.82, 2.24) is 9.88 Å². The molecule has 150 valence electrons. The van der Waals surface area contributed by atoms with Gasteiger partial charge in [0.15, 0.2) is 6.61 Å². The molecule has 3 aromatic rings. The Morgan fingerprint density at radius 1 is 1.03 bits per heavy atom. The highest BCUT2D eigenvalue weighted by Gasteiger charge is 2.18. The van der Waals surface area contributed by atoms with Crippen molar-refractivity contribution in [1.29, 1.82) is 0 Å². The van der Waals surface area contributed by atoms with Crippen molar-refractivity contribution in [3.63, 3.8) is 0 Å². The Hall–Kier alpha value is -3.61. The number of hydrogen-bond donors (Lipinski definition) is 2. The summed E-state index contributed by atoms with van der Waals surface area (Å²) in [7, 11) is 1.49. The lowest BCUT2D eigenvalue weighted by atomic mass is 10.1. The maximum absolute atomic E-state index is 12.3. The van der Waals surface area contributed by atoms with Crippen LogP contribution in [-0.2, 0) is 14.3 Å². The van der Waals surface area contributed by atoms with Crippen LogP contribution < -0.4 is 5.32 Å². The first-order chi connectivity index (χ1) is 13.9. The van der Waals surface area contributed by atoms with Gasteiger partial charge < -0.3 is 19.9 Å². The van der Waals surface area contributed by atoms with Gasteiger partial charge in [0, 0.05) is 29.8 Å². The average molecular weight is 393 g/mol. The number of amides is 2. The molecule has 0 spiro atoms. The first-order valence-corrected chi connectivity index (χ1v) is 9.20. The van der Waals surface area contributed by atoms with Crippen LogP contribution in [0.2, 0.25) is 0 Å². The number of likely N-dealkylation sites (N-methyl/N-ethyl adjacent to an activating group) is 1.